The molecule has 0 spiro atoms. The van der Waals surface area contributed by atoms with Gasteiger partial charge in [0.05, 0.1) is 11.0 Å². The van der Waals surface area contributed by atoms with Crippen LogP contribution < -0.4 is 5.32 Å². The number of hydrogen-bond donors (Lipinski definition) is 2. The summed E-state index contributed by atoms with van der Waals surface area (Å²) in [6.07, 6.45) is 2.56. The number of pyridine rings is 1. The fourth-order valence-electron chi connectivity index (χ4n) is 4.37. The highest BCUT2D eigenvalue weighted by Crippen LogP contribution is 2.25. The fraction of sp³-hybridized carbons (Fsp3) is 0.308. The average molecular weight is 413 g/mol. The number of benzene rings is 2. The molecule has 1 aliphatic rings. The third-order valence-electron chi connectivity index (χ3n) is 6.33. The number of piperidine rings is 1. The van der Waals surface area contributed by atoms with E-state index in [0.29, 0.717) is 5.69 Å². The first-order valence-corrected chi connectivity index (χ1v) is 11.1. The Morgan fingerprint density at radius 2 is 1.77 bits per heavy atom. The third-order valence-corrected chi connectivity index (χ3v) is 6.33. The van der Waals surface area contributed by atoms with Gasteiger partial charge in [-0.2, -0.15) is 0 Å². The summed E-state index contributed by atoms with van der Waals surface area (Å²) in [5.41, 5.74) is 5.37. The van der Waals surface area contributed by atoms with E-state index in [1.807, 2.05) is 37.3 Å². The van der Waals surface area contributed by atoms with Gasteiger partial charge in [0.2, 0.25) is 0 Å². The van der Waals surface area contributed by atoms with E-state index in [4.69, 9.17) is 0 Å². The van der Waals surface area contributed by atoms with E-state index in [1.165, 1.54) is 31.5 Å². The van der Waals surface area contributed by atoms with Crippen molar-refractivity contribution in [1.29, 1.82) is 0 Å². The van der Waals surface area contributed by atoms with Gasteiger partial charge < -0.3 is 10.3 Å². The molecule has 1 aliphatic heterocycles. The Morgan fingerprint density at radius 3 is 2.55 bits per heavy atom. The Labute approximate surface area is 182 Å². The Morgan fingerprint density at radius 1 is 1.06 bits per heavy atom. The van der Waals surface area contributed by atoms with Crippen molar-refractivity contribution in [2.75, 3.05) is 18.4 Å². The second kappa shape index (κ2) is 8.16. The maximum Gasteiger partial charge on any atom is 0.274 e. The highest BCUT2D eigenvalue weighted by molar-refractivity contribution is 6.10. The largest absolute Gasteiger partial charge is 0.357 e. The highest BCUT2D eigenvalue weighted by Gasteiger charge is 2.16. The van der Waals surface area contributed by atoms with E-state index in [1.54, 1.807) is 0 Å². The molecule has 1 saturated heterocycles. The van der Waals surface area contributed by atoms with Crippen LogP contribution in [0.25, 0.3) is 21.8 Å². The molecule has 158 valence electrons. The number of amides is 1. The standard InChI is InChI=1S/C26H28N4O/c1-17-11-13-30(14-12-17)16-19-4-9-22(10-5-19)28-26(31)23-15-21-8-7-20-6-3-18(2)27-24(20)25(21)29-23/h3-10,15,17,27H,11-14,16H2,1-2H3,(H,28,31). The van der Waals surface area contributed by atoms with E-state index in [9.17, 15) is 4.79 Å². The number of fused-ring (bicyclic) bond motifs is 3. The molecule has 1 fully saturated rings. The zero-order valence-corrected chi connectivity index (χ0v) is 18.1. The van der Waals surface area contributed by atoms with Crippen LogP contribution in [-0.2, 0) is 6.54 Å². The molecule has 0 aliphatic carbocycles. The molecule has 5 rings (SSSR count). The monoisotopic (exact) mass is 412 g/mol. The van der Waals surface area contributed by atoms with Gasteiger partial charge in [0.1, 0.15) is 5.69 Å². The number of likely N-dealkylation sites (tertiary alicyclic amines) is 1. The number of anilines is 1. The van der Waals surface area contributed by atoms with Crippen molar-refractivity contribution in [3.8, 4) is 0 Å². The van der Waals surface area contributed by atoms with Crippen LogP contribution in [0, 0.1) is 12.8 Å². The van der Waals surface area contributed by atoms with E-state index < -0.39 is 0 Å². The molecular weight excluding hydrogens is 384 g/mol. The number of nitrogens with one attached hydrogen (secondary N) is 2. The molecule has 1 amide bonds. The average Bonchev–Trinajstić information content (AvgIpc) is 3.22. The third kappa shape index (κ3) is 4.19. The Hall–Kier alpha value is -3.18. The molecule has 0 bridgehead atoms. The van der Waals surface area contributed by atoms with Gasteiger partial charge in [-0.25, -0.2) is 4.98 Å². The molecule has 5 nitrogen and oxygen atoms in total. The number of nitrogens with zero attached hydrogens (tertiary/aromatic N) is 2. The summed E-state index contributed by atoms with van der Waals surface area (Å²) in [5, 5.41) is 5.04. The topological polar surface area (TPSA) is 61.0 Å². The number of hydrogen-bond acceptors (Lipinski definition) is 3. The van der Waals surface area contributed by atoms with Crippen LogP contribution >= 0.6 is 0 Å². The summed E-state index contributed by atoms with van der Waals surface area (Å²) in [4.78, 5) is 23.3. The number of H-pyrrole nitrogens is 1. The molecule has 2 aromatic carbocycles. The molecule has 3 heterocycles. The Balaban J connectivity index is 1.30. The zero-order valence-electron chi connectivity index (χ0n) is 18.1. The van der Waals surface area contributed by atoms with Crippen molar-refractivity contribution < 1.29 is 4.79 Å². The Kier molecular flexibility index (Phi) is 5.20. The van der Waals surface area contributed by atoms with E-state index in [2.05, 4.69) is 51.4 Å². The Bertz CT molecular complexity index is 1230. The second-order valence-corrected chi connectivity index (χ2v) is 8.86. The smallest absolute Gasteiger partial charge is 0.274 e. The van der Waals surface area contributed by atoms with Crippen LogP contribution in [0.4, 0.5) is 5.69 Å². The lowest BCUT2D eigenvalue weighted by Gasteiger charge is -2.30. The fourth-order valence-corrected chi connectivity index (χ4v) is 4.37. The lowest BCUT2D eigenvalue weighted by Crippen LogP contribution is -2.32. The van der Waals surface area contributed by atoms with Gasteiger partial charge in [-0.1, -0.05) is 37.3 Å². The lowest BCUT2D eigenvalue weighted by molar-refractivity contribution is 0.102. The maximum atomic E-state index is 12.8. The minimum Gasteiger partial charge on any atom is -0.357 e. The normalized spacial score (nSPS) is 15.5. The molecule has 2 N–H and O–H groups in total. The zero-order chi connectivity index (χ0) is 21.4. The van der Waals surface area contributed by atoms with Crippen LogP contribution in [0.15, 0.2) is 54.6 Å². The van der Waals surface area contributed by atoms with Crippen LogP contribution in [0.3, 0.4) is 0 Å². The van der Waals surface area contributed by atoms with E-state index in [0.717, 1.165) is 45.6 Å². The molecule has 2 aromatic heterocycles. The molecule has 0 saturated carbocycles. The minimum atomic E-state index is -0.185. The number of carbonyl (C=O) groups is 1. The van der Waals surface area contributed by atoms with Crippen LogP contribution in [0.2, 0.25) is 0 Å². The number of aryl methyl sites for hydroxylation is 1. The second-order valence-electron chi connectivity index (χ2n) is 8.86. The van der Waals surface area contributed by atoms with Gasteiger partial charge in [-0.05, 0) is 68.6 Å². The molecule has 0 unspecified atom stereocenters. The summed E-state index contributed by atoms with van der Waals surface area (Å²) >= 11 is 0. The van der Waals surface area contributed by atoms with Crippen molar-refractivity contribution in [1.82, 2.24) is 14.9 Å². The van der Waals surface area contributed by atoms with Gasteiger partial charge in [-0.3, -0.25) is 9.69 Å². The number of rotatable bonds is 4. The SMILES string of the molecule is Cc1ccc2ccc3cc(C(=O)Nc4ccc(CN5CCC(C)CC5)cc4)nc3c2[nH]1. The van der Waals surface area contributed by atoms with Gasteiger partial charge in [-0.15, -0.1) is 0 Å². The van der Waals surface area contributed by atoms with Crippen molar-refractivity contribution in [2.45, 2.75) is 33.2 Å². The first kappa shape index (κ1) is 19.8. The lowest BCUT2D eigenvalue weighted by atomic mass is 9.99. The van der Waals surface area contributed by atoms with Crippen LogP contribution in [0.1, 0.15) is 41.5 Å². The van der Waals surface area contributed by atoms with Crippen molar-refractivity contribution in [3.63, 3.8) is 0 Å². The predicted molar refractivity (Wildman–Crippen MR) is 126 cm³/mol. The van der Waals surface area contributed by atoms with Crippen molar-refractivity contribution in [2.24, 2.45) is 5.92 Å². The van der Waals surface area contributed by atoms with Crippen LogP contribution in [0.5, 0.6) is 0 Å². The number of aromatic nitrogens is 2. The number of aromatic amines is 1. The summed E-state index contributed by atoms with van der Waals surface area (Å²) in [7, 11) is 0. The first-order chi connectivity index (χ1) is 15.0. The van der Waals surface area contributed by atoms with Gasteiger partial charge in [0, 0.05) is 28.7 Å². The summed E-state index contributed by atoms with van der Waals surface area (Å²) in [6, 6.07) is 18.2. The van der Waals surface area contributed by atoms with Gasteiger partial charge in [0.15, 0.2) is 0 Å². The van der Waals surface area contributed by atoms with Crippen molar-refractivity contribution >= 4 is 33.4 Å². The molecule has 0 radical (unpaired) electrons. The highest BCUT2D eigenvalue weighted by atomic mass is 16.1. The molecule has 0 atom stereocenters. The molecule has 31 heavy (non-hydrogen) atoms. The quantitative estimate of drug-likeness (QED) is 0.465. The van der Waals surface area contributed by atoms with Gasteiger partial charge in [0.25, 0.3) is 5.91 Å². The first-order valence-electron chi connectivity index (χ1n) is 11.1. The maximum absolute atomic E-state index is 12.8. The van der Waals surface area contributed by atoms with Crippen molar-refractivity contribution in [3.05, 3.63) is 71.5 Å². The van der Waals surface area contributed by atoms with E-state index >= 15 is 0 Å². The van der Waals surface area contributed by atoms with Gasteiger partial charge >= 0.3 is 0 Å². The van der Waals surface area contributed by atoms with Crippen LogP contribution in [-0.4, -0.2) is 33.9 Å². The molecule has 5 heteroatoms. The summed E-state index contributed by atoms with van der Waals surface area (Å²) in [6.45, 7) is 7.66. The summed E-state index contributed by atoms with van der Waals surface area (Å²) in [5.74, 6) is 0.657. The molecular formula is C26H28N4O. The summed E-state index contributed by atoms with van der Waals surface area (Å²) < 4.78 is 0. The van der Waals surface area contributed by atoms with E-state index in [-0.39, 0.29) is 5.91 Å². The minimum absolute atomic E-state index is 0.185. The predicted octanol–water partition coefficient (Wildman–Crippen LogP) is 5.51. The molecule has 4 aromatic rings. The number of carbonyl (C=O) groups excluding carboxylic acids is 1.